The molecule has 6 nitrogen and oxygen atoms in total. The zero-order valence-corrected chi connectivity index (χ0v) is 7.47. The van der Waals surface area contributed by atoms with E-state index in [0.29, 0.717) is 17.4 Å². The highest BCUT2D eigenvalue weighted by Crippen LogP contribution is 2.24. The number of nitrogens with one attached hydrogen (secondary N) is 1. The fourth-order valence-corrected chi connectivity index (χ4v) is 1.32. The third kappa shape index (κ3) is 1.64. The molecule has 0 unspecified atom stereocenters. The average Bonchev–Trinajstić information content (AvgIpc) is 2.59. The minimum atomic E-state index is -0.479. The van der Waals surface area contributed by atoms with Gasteiger partial charge < -0.3 is 9.72 Å². The van der Waals surface area contributed by atoms with Crippen LogP contribution in [0.5, 0.6) is 5.88 Å². The molecule has 1 heterocycles. The molecule has 1 aromatic heterocycles. The van der Waals surface area contributed by atoms with Gasteiger partial charge in [0.15, 0.2) is 0 Å². The van der Waals surface area contributed by atoms with Gasteiger partial charge in [-0.15, -0.1) is 0 Å². The van der Waals surface area contributed by atoms with Crippen molar-refractivity contribution < 1.29 is 14.5 Å². The first-order valence-corrected chi connectivity index (χ1v) is 4.08. The Hall–Kier alpha value is -2.37. The second-order valence-electron chi connectivity index (χ2n) is 2.88. The molecule has 0 spiro atoms. The van der Waals surface area contributed by atoms with Crippen molar-refractivity contribution >= 4 is 23.1 Å². The Bertz CT molecular complexity index is 532. The van der Waals surface area contributed by atoms with Gasteiger partial charge in [0.05, 0.1) is 4.92 Å². The van der Waals surface area contributed by atoms with Gasteiger partial charge in [0.2, 0.25) is 5.88 Å². The van der Waals surface area contributed by atoms with Gasteiger partial charge in [-0.05, 0) is 6.07 Å². The lowest BCUT2D eigenvalue weighted by atomic mass is 10.2. The molecule has 2 aromatic rings. The fourth-order valence-electron chi connectivity index (χ4n) is 1.32. The molecule has 0 atom stereocenters. The Kier molecular flexibility index (Phi) is 2.09. The van der Waals surface area contributed by atoms with Crippen molar-refractivity contribution in [3.8, 4) is 5.88 Å². The summed E-state index contributed by atoms with van der Waals surface area (Å²) >= 11 is 0. The molecule has 0 aliphatic carbocycles. The number of hydrogen-bond acceptors (Lipinski definition) is 4. The van der Waals surface area contributed by atoms with Gasteiger partial charge in [-0.25, -0.2) is 0 Å². The van der Waals surface area contributed by atoms with E-state index in [9.17, 15) is 14.9 Å². The van der Waals surface area contributed by atoms with Gasteiger partial charge in [-0.3, -0.25) is 14.9 Å². The zero-order valence-electron chi connectivity index (χ0n) is 7.47. The summed E-state index contributed by atoms with van der Waals surface area (Å²) < 4.78 is 4.59. The minimum absolute atomic E-state index is 0.000784. The molecular formula is C9H6N2O4. The Morgan fingerprint density at radius 2 is 2.20 bits per heavy atom. The predicted molar refractivity (Wildman–Crippen MR) is 51.6 cm³/mol. The standard InChI is InChI=1S/C9H6N2O4/c12-5-15-9-4-6-3-7(11(13)14)1-2-8(6)10-9/h1-5,10H. The molecule has 0 fully saturated rings. The summed E-state index contributed by atoms with van der Waals surface area (Å²) in [6.07, 6.45) is 0. The maximum atomic E-state index is 10.5. The lowest BCUT2D eigenvalue weighted by Crippen LogP contribution is -1.86. The number of hydrogen-bond donors (Lipinski definition) is 1. The van der Waals surface area contributed by atoms with E-state index < -0.39 is 4.92 Å². The summed E-state index contributed by atoms with van der Waals surface area (Å²) in [7, 11) is 0. The van der Waals surface area contributed by atoms with Gasteiger partial charge >= 0.3 is 0 Å². The number of H-pyrrole nitrogens is 1. The minimum Gasteiger partial charge on any atom is -0.412 e. The molecule has 76 valence electrons. The first-order chi connectivity index (χ1) is 7.20. The van der Waals surface area contributed by atoms with Crippen molar-refractivity contribution in [3.63, 3.8) is 0 Å². The number of benzene rings is 1. The highest BCUT2D eigenvalue weighted by atomic mass is 16.6. The molecule has 0 bridgehead atoms. The quantitative estimate of drug-likeness (QED) is 0.469. The molecule has 0 saturated carbocycles. The summed E-state index contributed by atoms with van der Waals surface area (Å²) in [6, 6.07) is 5.87. The second kappa shape index (κ2) is 3.41. The van der Waals surface area contributed by atoms with Gasteiger partial charge in [-0.1, -0.05) is 0 Å². The number of ether oxygens (including phenoxy) is 1. The number of nitro benzene ring substituents is 1. The van der Waals surface area contributed by atoms with Crippen molar-refractivity contribution in [3.05, 3.63) is 34.4 Å². The van der Waals surface area contributed by atoms with Crippen molar-refractivity contribution in [1.29, 1.82) is 0 Å². The van der Waals surface area contributed by atoms with E-state index in [1.165, 1.54) is 18.2 Å². The number of carbonyl (C=O) groups is 1. The number of aromatic amines is 1. The number of carbonyl (C=O) groups excluding carboxylic acids is 1. The van der Waals surface area contributed by atoms with Crippen LogP contribution in [0, 0.1) is 10.1 Å². The van der Waals surface area contributed by atoms with Crippen LogP contribution in [-0.4, -0.2) is 16.4 Å². The summed E-state index contributed by atoms with van der Waals surface area (Å²) in [5, 5.41) is 11.1. The number of nitrogens with zero attached hydrogens (tertiary/aromatic N) is 1. The fraction of sp³-hybridized carbons (Fsp3) is 0. The first-order valence-electron chi connectivity index (χ1n) is 4.08. The van der Waals surface area contributed by atoms with E-state index in [-0.39, 0.29) is 11.6 Å². The largest absolute Gasteiger partial charge is 0.412 e. The molecule has 1 aromatic carbocycles. The predicted octanol–water partition coefficient (Wildman–Crippen LogP) is 1.61. The molecule has 0 saturated heterocycles. The Balaban J connectivity index is 2.51. The van der Waals surface area contributed by atoms with Crippen LogP contribution < -0.4 is 4.74 Å². The zero-order chi connectivity index (χ0) is 10.8. The van der Waals surface area contributed by atoms with Crippen LogP contribution in [0.25, 0.3) is 10.9 Å². The maximum absolute atomic E-state index is 10.5. The number of fused-ring (bicyclic) bond motifs is 1. The summed E-state index contributed by atoms with van der Waals surface area (Å²) in [6.45, 7) is 0.291. The monoisotopic (exact) mass is 206 g/mol. The molecule has 15 heavy (non-hydrogen) atoms. The normalized spacial score (nSPS) is 10.1. The van der Waals surface area contributed by atoms with Crippen molar-refractivity contribution in [2.45, 2.75) is 0 Å². The molecule has 0 radical (unpaired) electrons. The van der Waals surface area contributed by atoms with Crippen molar-refractivity contribution in [2.75, 3.05) is 0 Å². The highest BCUT2D eigenvalue weighted by molar-refractivity contribution is 5.83. The number of aromatic nitrogens is 1. The Morgan fingerprint density at radius 3 is 2.87 bits per heavy atom. The molecule has 2 rings (SSSR count). The second-order valence-corrected chi connectivity index (χ2v) is 2.88. The van der Waals surface area contributed by atoms with Crippen LogP contribution in [0.4, 0.5) is 5.69 Å². The maximum Gasteiger partial charge on any atom is 0.299 e. The van der Waals surface area contributed by atoms with E-state index in [0.717, 1.165) is 0 Å². The molecule has 0 aliphatic heterocycles. The molecular weight excluding hydrogens is 200 g/mol. The van der Waals surface area contributed by atoms with E-state index in [1.807, 2.05) is 0 Å². The first kappa shape index (κ1) is 9.20. The number of rotatable bonds is 3. The van der Waals surface area contributed by atoms with E-state index in [4.69, 9.17) is 0 Å². The molecule has 0 aliphatic rings. The Labute approximate surface area is 83.6 Å². The van der Waals surface area contributed by atoms with Gasteiger partial charge in [-0.2, -0.15) is 0 Å². The Morgan fingerprint density at radius 1 is 1.40 bits per heavy atom. The SMILES string of the molecule is O=COc1cc2cc([N+](=O)[O-])ccc2[nH]1. The van der Waals surface area contributed by atoms with Crippen LogP contribution in [0.1, 0.15) is 0 Å². The highest BCUT2D eigenvalue weighted by Gasteiger charge is 2.08. The lowest BCUT2D eigenvalue weighted by molar-refractivity contribution is -0.384. The van der Waals surface area contributed by atoms with Crippen molar-refractivity contribution in [2.24, 2.45) is 0 Å². The van der Waals surface area contributed by atoms with Crippen LogP contribution in [0.15, 0.2) is 24.3 Å². The summed E-state index contributed by atoms with van der Waals surface area (Å²) in [5.74, 6) is 0.264. The van der Waals surface area contributed by atoms with Crippen molar-refractivity contribution in [1.82, 2.24) is 4.98 Å². The third-order valence-corrected chi connectivity index (χ3v) is 1.97. The van der Waals surface area contributed by atoms with E-state index in [2.05, 4.69) is 9.72 Å². The van der Waals surface area contributed by atoms with E-state index in [1.54, 1.807) is 6.07 Å². The third-order valence-electron chi connectivity index (χ3n) is 1.97. The van der Waals surface area contributed by atoms with Gasteiger partial charge in [0.1, 0.15) is 0 Å². The average molecular weight is 206 g/mol. The van der Waals surface area contributed by atoms with Gasteiger partial charge in [0.25, 0.3) is 12.2 Å². The lowest BCUT2D eigenvalue weighted by Gasteiger charge is -1.90. The summed E-state index contributed by atoms with van der Waals surface area (Å²) in [5.41, 5.74) is 0.677. The smallest absolute Gasteiger partial charge is 0.299 e. The van der Waals surface area contributed by atoms with Gasteiger partial charge in [0, 0.05) is 29.1 Å². The van der Waals surface area contributed by atoms with Crippen LogP contribution in [0.2, 0.25) is 0 Å². The van der Waals surface area contributed by atoms with Crippen LogP contribution in [-0.2, 0) is 4.79 Å². The van der Waals surface area contributed by atoms with Crippen LogP contribution >= 0.6 is 0 Å². The summed E-state index contributed by atoms with van der Waals surface area (Å²) in [4.78, 5) is 22.9. The molecule has 6 heteroatoms. The van der Waals surface area contributed by atoms with Crippen LogP contribution in [0.3, 0.4) is 0 Å². The molecule has 0 amide bonds. The number of nitro groups is 1. The number of non-ortho nitro benzene ring substituents is 1. The topological polar surface area (TPSA) is 85.2 Å². The molecule has 1 N–H and O–H groups in total. The van der Waals surface area contributed by atoms with E-state index >= 15 is 0 Å².